The van der Waals surface area contributed by atoms with Crippen molar-refractivity contribution in [3.63, 3.8) is 0 Å². The minimum Gasteiger partial charge on any atom is -0.490 e. The average Bonchev–Trinajstić information content (AvgIpc) is 3.57. The van der Waals surface area contributed by atoms with Gasteiger partial charge in [0.15, 0.2) is 6.04 Å². The molecule has 2 unspecified atom stereocenters. The summed E-state index contributed by atoms with van der Waals surface area (Å²) in [5.74, 6) is 0.824. The van der Waals surface area contributed by atoms with E-state index in [0.29, 0.717) is 46.7 Å². The Hall–Kier alpha value is -4.36. The summed E-state index contributed by atoms with van der Waals surface area (Å²) < 4.78 is 11.7. The number of piperazine rings is 1. The summed E-state index contributed by atoms with van der Waals surface area (Å²) in [6, 6.07) is 12.5. The highest BCUT2D eigenvalue weighted by molar-refractivity contribution is 6.30. The molecular formula is C27H25ClN6O4. The van der Waals surface area contributed by atoms with E-state index in [1.807, 2.05) is 26.0 Å². The Labute approximate surface area is 224 Å². The van der Waals surface area contributed by atoms with Gasteiger partial charge in [0.25, 0.3) is 0 Å². The molecule has 194 valence electrons. The number of benzene rings is 2. The summed E-state index contributed by atoms with van der Waals surface area (Å²) in [4.78, 5) is 38.7. The second kappa shape index (κ2) is 10.6. The molecule has 0 spiro atoms. The van der Waals surface area contributed by atoms with Crippen molar-refractivity contribution in [3.8, 4) is 11.8 Å². The van der Waals surface area contributed by atoms with E-state index in [0.717, 1.165) is 5.56 Å². The Kier molecular flexibility index (Phi) is 7.03. The molecule has 1 fully saturated rings. The molecule has 11 heteroatoms. The number of hydrogen-bond acceptors (Lipinski definition) is 7. The lowest BCUT2D eigenvalue weighted by molar-refractivity contribution is -0.123. The fourth-order valence-corrected chi connectivity index (χ4v) is 4.72. The van der Waals surface area contributed by atoms with Gasteiger partial charge in [-0.3, -0.25) is 14.7 Å². The molecule has 5 rings (SSSR count). The first kappa shape index (κ1) is 25.3. The largest absolute Gasteiger partial charge is 0.490 e. The van der Waals surface area contributed by atoms with E-state index < -0.39 is 18.1 Å². The first-order valence-electron chi connectivity index (χ1n) is 12.1. The third kappa shape index (κ3) is 4.93. The van der Waals surface area contributed by atoms with Crippen molar-refractivity contribution in [3.05, 3.63) is 82.5 Å². The third-order valence-electron chi connectivity index (χ3n) is 6.21. The van der Waals surface area contributed by atoms with Crippen LogP contribution in [-0.2, 0) is 4.79 Å². The summed E-state index contributed by atoms with van der Waals surface area (Å²) in [6.45, 7) is 4.36. The zero-order valence-corrected chi connectivity index (χ0v) is 21.6. The molecule has 2 atom stereocenters. The van der Waals surface area contributed by atoms with Crippen molar-refractivity contribution in [2.45, 2.75) is 32.0 Å². The number of ether oxygens (including phenoxy) is 1. The molecule has 0 aliphatic carbocycles. The summed E-state index contributed by atoms with van der Waals surface area (Å²) in [6.07, 6.45) is 2.78. The standard InChI is InChI=1S/C27H25ClN6O4/c1-16(2)38-21-13-17(14-29)3-8-20(21)25-32-23(26-31-10-12-37-26)24(18-4-6-19(28)7-5-18)34(25)27(36)33-11-9-30-22(35)15-33/h3-8,10,12-13,16,23-24H,9,11,15H2,1-2H3,(H,30,35). The summed E-state index contributed by atoms with van der Waals surface area (Å²) in [7, 11) is 0. The van der Waals surface area contributed by atoms with Gasteiger partial charge in [-0.15, -0.1) is 0 Å². The van der Waals surface area contributed by atoms with Crippen molar-refractivity contribution in [1.29, 1.82) is 5.26 Å². The summed E-state index contributed by atoms with van der Waals surface area (Å²) in [5, 5.41) is 12.8. The maximum atomic E-state index is 14.2. The van der Waals surface area contributed by atoms with Crippen LogP contribution in [0.2, 0.25) is 5.02 Å². The van der Waals surface area contributed by atoms with Crippen LogP contribution in [0.4, 0.5) is 4.79 Å². The number of nitrogens with one attached hydrogen (secondary N) is 1. The number of amides is 3. The van der Waals surface area contributed by atoms with E-state index in [9.17, 15) is 14.9 Å². The molecule has 3 amide bonds. The van der Waals surface area contributed by atoms with Crippen molar-refractivity contribution < 1.29 is 18.7 Å². The zero-order chi connectivity index (χ0) is 26.8. The zero-order valence-electron chi connectivity index (χ0n) is 20.8. The smallest absolute Gasteiger partial charge is 0.326 e. The van der Waals surface area contributed by atoms with E-state index in [1.165, 1.54) is 17.4 Å². The van der Waals surface area contributed by atoms with E-state index in [-0.39, 0.29) is 18.6 Å². The molecule has 1 saturated heterocycles. The monoisotopic (exact) mass is 532 g/mol. The highest BCUT2D eigenvalue weighted by atomic mass is 35.5. The summed E-state index contributed by atoms with van der Waals surface area (Å²) >= 11 is 6.18. The van der Waals surface area contributed by atoms with Gasteiger partial charge >= 0.3 is 6.03 Å². The van der Waals surface area contributed by atoms with E-state index in [1.54, 1.807) is 35.2 Å². The minimum absolute atomic E-state index is 0.0810. The number of carbonyl (C=O) groups excluding carboxylic acids is 2. The molecule has 0 bridgehead atoms. The van der Waals surface area contributed by atoms with Gasteiger partial charge in [-0.25, -0.2) is 9.78 Å². The lowest BCUT2D eigenvalue weighted by Crippen LogP contribution is -2.55. The molecule has 0 radical (unpaired) electrons. The molecule has 3 aromatic rings. The van der Waals surface area contributed by atoms with Crippen molar-refractivity contribution in [2.75, 3.05) is 19.6 Å². The second-order valence-corrected chi connectivity index (χ2v) is 9.61. The number of rotatable bonds is 5. The lowest BCUT2D eigenvalue weighted by atomic mass is 9.99. The molecule has 2 aliphatic heterocycles. The predicted octanol–water partition coefficient (Wildman–Crippen LogP) is 4.08. The van der Waals surface area contributed by atoms with Crippen molar-refractivity contribution in [2.24, 2.45) is 4.99 Å². The van der Waals surface area contributed by atoms with Crippen LogP contribution >= 0.6 is 11.6 Å². The molecule has 0 saturated carbocycles. The van der Waals surface area contributed by atoms with Crippen LogP contribution in [-0.4, -0.2) is 58.3 Å². The van der Waals surface area contributed by atoms with Crippen LogP contribution in [0, 0.1) is 11.3 Å². The normalized spacial score (nSPS) is 19.2. The van der Waals surface area contributed by atoms with Crippen molar-refractivity contribution in [1.82, 2.24) is 20.1 Å². The van der Waals surface area contributed by atoms with Gasteiger partial charge in [-0.1, -0.05) is 23.7 Å². The van der Waals surface area contributed by atoms with Crippen molar-refractivity contribution >= 4 is 29.4 Å². The molecule has 3 heterocycles. The molecule has 2 aromatic carbocycles. The van der Waals surface area contributed by atoms with Crippen LogP contribution in [0.25, 0.3) is 0 Å². The first-order valence-corrected chi connectivity index (χ1v) is 12.5. The minimum atomic E-state index is -0.689. The van der Waals surface area contributed by atoms with E-state index in [4.69, 9.17) is 25.7 Å². The average molecular weight is 533 g/mol. The van der Waals surface area contributed by atoms with Gasteiger partial charge in [-0.2, -0.15) is 5.26 Å². The number of carbonyl (C=O) groups is 2. The van der Waals surface area contributed by atoms with E-state index >= 15 is 0 Å². The molecular weight excluding hydrogens is 508 g/mol. The number of halogens is 1. The van der Waals surface area contributed by atoms with Gasteiger partial charge in [0, 0.05) is 18.1 Å². The van der Waals surface area contributed by atoms with Gasteiger partial charge in [0.1, 0.15) is 24.4 Å². The number of hydrogen-bond donors (Lipinski definition) is 1. The van der Waals surface area contributed by atoms with Crippen LogP contribution in [0.5, 0.6) is 5.75 Å². The Morgan fingerprint density at radius 1 is 1.26 bits per heavy atom. The lowest BCUT2D eigenvalue weighted by Gasteiger charge is -2.35. The molecule has 2 aliphatic rings. The topological polar surface area (TPSA) is 124 Å². The van der Waals surface area contributed by atoms with Gasteiger partial charge in [-0.05, 0) is 49.7 Å². The van der Waals surface area contributed by atoms with E-state index in [2.05, 4.69) is 16.4 Å². The first-order chi connectivity index (χ1) is 18.4. The van der Waals surface area contributed by atoms with Crippen LogP contribution in [0.15, 0.2) is 64.3 Å². The fraction of sp³-hybridized carbons (Fsp3) is 0.296. The van der Waals surface area contributed by atoms with Crippen LogP contribution in [0.1, 0.15) is 48.5 Å². The highest BCUT2D eigenvalue weighted by Crippen LogP contribution is 2.45. The van der Waals surface area contributed by atoms with Gasteiger partial charge < -0.3 is 19.4 Å². The number of nitrogens with zero attached hydrogens (tertiary/aromatic N) is 5. The SMILES string of the molecule is CC(C)Oc1cc(C#N)ccc1C1=NC(c2ncco2)C(c2ccc(Cl)cc2)N1C(=O)N1CCNC(=O)C1. The maximum Gasteiger partial charge on any atom is 0.326 e. The molecule has 38 heavy (non-hydrogen) atoms. The molecule has 1 aromatic heterocycles. The maximum absolute atomic E-state index is 14.2. The molecule has 1 N–H and O–H groups in total. The van der Waals surface area contributed by atoms with Crippen LogP contribution in [0.3, 0.4) is 0 Å². The Morgan fingerprint density at radius 3 is 2.71 bits per heavy atom. The molecule has 10 nitrogen and oxygen atoms in total. The van der Waals surface area contributed by atoms with Crippen LogP contribution < -0.4 is 10.1 Å². The number of aliphatic imine (C=N–C) groups is 1. The highest BCUT2D eigenvalue weighted by Gasteiger charge is 2.46. The van der Waals surface area contributed by atoms with Gasteiger partial charge in [0.2, 0.25) is 11.8 Å². The summed E-state index contributed by atoms with van der Waals surface area (Å²) in [5.41, 5.74) is 1.69. The third-order valence-corrected chi connectivity index (χ3v) is 6.46. The quantitative estimate of drug-likeness (QED) is 0.528. The fourth-order valence-electron chi connectivity index (χ4n) is 4.59. The van der Waals surface area contributed by atoms with Gasteiger partial charge in [0.05, 0.1) is 35.5 Å². The number of nitriles is 1. The predicted molar refractivity (Wildman–Crippen MR) is 139 cm³/mol. The second-order valence-electron chi connectivity index (χ2n) is 9.18. The Balaban J connectivity index is 1.69. The number of amidine groups is 1. The number of urea groups is 1. The number of aromatic nitrogens is 1. The Morgan fingerprint density at radius 2 is 2.05 bits per heavy atom. The Bertz CT molecular complexity index is 1410. The number of oxazole rings is 1.